The van der Waals surface area contributed by atoms with Gasteiger partial charge >= 0.3 is 0 Å². The molecule has 0 fully saturated rings. The number of amides is 1. The van der Waals surface area contributed by atoms with Gasteiger partial charge in [-0.1, -0.05) is 44.1 Å². The SMILES string of the molecule is CC(C)(C)c1nnc(SCC(=O)Nc2cccnc2Cl)n1N. The second-order valence-corrected chi connectivity index (χ2v) is 6.91. The van der Waals surface area contributed by atoms with Crippen molar-refractivity contribution in [1.82, 2.24) is 19.9 Å². The van der Waals surface area contributed by atoms with E-state index >= 15 is 0 Å². The van der Waals surface area contributed by atoms with Crippen LogP contribution >= 0.6 is 23.4 Å². The number of aromatic nitrogens is 4. The number of carbonyl (C=O) groups excluding carboxylic acids is 1. The molecule has 0 aliphatic carbocycles. The number of nitrogens with zero attached hydrogens (tertiary/aromatic N) is 4. The third kappa shape index (κ3) is 3.89. The van der Waals surface area contributed by atoms with Gasteiger partial charge in [0.15, 0.2) is 11.0 Å². The molecule has 0 bridgehead atoms. The number of halogens is 1. The lowest BCUT2D eigenvalue weighted by Gasteiger charge is -2.16. The average molecular weight is 341 g/mol. The van der Waals surface area contributed by atoms with Crippen LogP contribution in [0, 0.1) is 0 Å². The molecule has 3 N–H and O–H groups in total. The first-order valence-corrected chi connectivity index (χ1v) is 7.89. The second kappa shape index (κ2) is 6.53. The Morgan fingerprint density at radius 2 is 2.18 bits per heavy atom. The lowest BCUT2D eigenvalue weighted by Crippen LogP contribution is -2.24. The first-order chi connectivity index (χ1) is 10.3. The van der Waals surface area contributed by atoms with E-state index < -0.39 is 0 Å². The largest absolute Gasteiger partial charge is 0.336 e. The maximum Gasteiger partial charge on any atom is 0.234 e. The van der Waals surface area contributed by atoms with Crippen LogP contribution in [0.15, 0.2) is 23.5 Å². The van der Waals surface area contributed by atoms with Crippen LogP contribution in [-0.4, -0.2) is 31.5 Å². The van der Waals surface area contributed by atoms with Gasteiger partial charge < -0.3 is 11.2 Å². The minimum absolute atomic E-state index is 0.144. The Kier molecular flexibility index (Phi) is 4.92. The summed E-state index contributed by atoms with van der Waals surface area (Å²) in [4.78, 5) is 15.8. The molecule has 7 nitrogen and oxygen atoms in total. The summed E-state index contributed by atoms with van der Waals surface area (Å²) in [6.45, 7) is 5.98. The zero-order valence-electron chi connectivity index (χ0n) is 12.5. The first kappa shape index (κ1) is 16.6. The molecular formula is C13H17ClN6OS. The summed E-state index contributed by atoms with van der Waals surface area (Å²) in [5.41, 5.74) is 0.255. The maximum atomic E-state index is 11.9. The molecule has 0 atom stereocenters. The van der Waals surface area contributed by atoms with Gasteiger partial charge in [-0.05, 0) is 12.1 Å². The number of pyridine rings is 1. The van der Waals surface area contributed by atoms with Gasteiger partial charge in [0, 0.05) is 11.6 Å². The number of nitrogens with two attached hydrogens (primary N) is 1. The van der Waals surface area contributed by atoms with Crippen molar-refractivity contribution in [3.05, 3.63) is 29.3 Å². The minimum Gasteiger partial charge on any atom is -0.336 e. The molecule has 0 aliphatic rings. The number of anilines is 1. The summed E-state index contributed by atoms with van der Waals surface area (Å²) in [6, 6.07) is 3.38. The monoisotopic (exact) mass is 340 g/mol. The van der Waals surface area contributed by atoms with Gasteiger partial charge in [-0.2, -0.15) is 0 Å². The van der Waals surface area contributed by atoms with Gasteiger partial charge in [-0.3, -0.25) is 4.79 Å². The normalized spacial score (nSPS) is 11.5. The highest BCUT2D eigenvalue weighted by molar-refractivity contribution is 7.99. The van der Waals surface area contributed by atoms with Gasteiger partial charge in [-0.15, -0.1) is 10.2 Å². The van der Waals surface area contributed by atoms with Crippen molar-refractivity contribution in [3.8, 4) is 0 Å². The third-order valence-corrected chi connectivity index (χ3v) is 3.95. The standard InChI is InChI=1S/C13H17ClN6OS/c1-13(2,3)11-18-19-12(20(11)15)22-7-9(21)17-8-5-4-6-16-10(8)14/h4-6H,7,15H2,1-3H3,(H,17,21). The molecule has 9 heteroatoms. The van der Waals surface area contributed by atoms with Crippen molar-refractivity contribution in [2.75, 3.05) is 16.9 Å². The number of hydrogen-bond donors (Lipinski definition) is 2. The molecule has 22 heavy (non-hydrogen) atoms. The Morgan fingerprint density at radius 3 is 2.77 bits per heavy atom. The fourth-order valence-corrected chi connectivity index (χ4v) is 2.51. The molecule has 0 spiro atoms. The highest BCUT2D eigenvalue weighted by atomic mass is 35.5. The van der Waals surface area contributed by atoms with Crippen molar-refractivity contribution < 1.29 is 4.79 Å². The van der Waals surface area contributed by atoms with Crippen LogP contribution in [0.2, 0.25) is 5.15 Å². The lowest BCUT2D eigenvalue weighted by molar-refractivity contribution is -0.113. The summed E-state index contributed by atoms with van der Waals surface area (Å²) < 4.78 is 1.41. The third-order valence-electron chi connectivity index (χ3n) is 2.70. The number of rotatable bonds is 4. The molecule has 0 saturated heterocycles. The Balaban J connectivity index is 1.98. The summed E-state index contributed by atoms with van der Waals surface area (Å²) in [5, 5.41) is 11.5. The van der Waals surface area contributed by atoms with Crippen LogP contribution in [0.5, 0.6) is 0 Å². The molecule has 1 amide bonds. The van der Waals surface area contributed by atoms with E-state index in [-0.39, 0.29) is 22.2 Å². The highest BCUT2D eigenvalue weighted by Gasteiger charge is 2.23. The molecule has 2 aromatic rings. The van der Waals surface area contributed by atoms with E-state index in [0.29, 0.717) is 16.7 Å². The molecule has 0 radical (unpaired) electrons. The van der Waals surface area contributed by atoms with Crippen molar-refractivity contribution in [3.63, 3.8) is 0 Å². The molecule has 118 valence electrons. The Labute approximate surface area is 137 Å². The van der Waals surface area contributed by atoms with Crippen molar-refractivity contribution in [2.45, 2.75) is 31.3 Å². The molecular weight excluding hydrogens is 324 g/mol. The topological polar surface area (TPSA) is 98.7 Å². The molecule has 0 aromatic carbocycles. The quantitative estimate of drug-likeness (QED) is 0.502. The average Bonchev–Trinajstić information content (AvgIpc) is 2.80. The van der Waals surface area contributed by atoms with Crippen LogP contribution in [0.3, 0.4) is 0 Å². The van der Waals surface area contributed by atoms with Crippen LogP contribution in [0.4, 0.5) is 5.69 Å². The minimum atomic E-state index is -0.222. The predicted octanol–water partition coefficient (Wildman–Crippen LogP) is 2.07. The van der Waals surface area contributed by atoms with Gasteiger partial charge in [0.2, 0.25) is 11.1 Å². The fraction of sp³-hybridized carbons (Fsp3) is 0.385. The Hall–Kier alpha value is -1.80. The second-order valence-electron chi connectivity index (χ2n) is 5.60. The van der Waals surface area contributed by atoms with Gasteiger partial charge in [0.05, 0.1) is 11.4 Å². The number of hydrogen-bond acceptors (Lipinski definition) is 6. The molecule has 0 saturated carbocycles. The van der Waals surface area contributed by atoms with Gasteiger partial charge in [0.1, 0.15) is 0 Å². The van der Waals surface area contributed by atoms with Crippen molar-refractivity contribution in [2.24, 2.45) is 0 Å². The highest BCUT2D eigenvalue weighted by Crippen LogP contribution is 2.23. The van der Waals surface area contributed by atoms with Crippen molar-refractivity contribution in [1.29, 1.82) is 0 Å². The van der Waals surface area contributed by atoms with E-state index in [0.717, 1.165) is 0 Å². The van der Waals surface area contributed by atoms with Crippen molar-refractivity contribution >= 4 is 35.0 Å². The van der Waals surface area contributed by atoms with E-state index in [2.05, 4.69) is 20.5 Å². The maximum absolute atomic E-state index is 11.9. The van der Waals surface area contributed by atoms with Crippen LogP contribution in [-0.2, 0) is 10.2 Å². The fourth-order valence-electron chi connectivity index (χ4n) is 1.68. The van der Waals surface area contributed by atoms with Gasteiger partial charge in [0.25, 0.3) is 0 Å². The van der Waals surface area contributed by atoms with E-state index in [4.69, 9.17) is 17.4 Å². The van der Waals surface area contributed by atoms with Crippen LogP contribution < -0.4 is 11.2 Å². The number of thioether (sulfide) groups is 1. The Bertz CT molecular complexity index is 681. The molecule has 2 rings (SSSR count). The number of carbonyl (C=O) groups is 1. The van der Waals surface area contributed by atoms with E-state index in [1.807, 2.05) is 20.8 Å². The van der Waals surface area contributed by atoms with Crippen LogP contribution in [0.1, 0.15) is 26.6 Å². The Morgan fingerprint density at radius 1 is 1.45 bits per heavy atom. The van der Waals surface area contributed by atoms with Gasteiger partial charge in [-0.25, -0.2) is 9.66 Å². The molecule has 0 aliphatic heterocycles. The van der Waals surface area contributed by atoms with Crippen LogP contribution in [0.25, 0.3) is 0 Å². The number of nitrogen functional groups attached to an aromatic ring is 1. The summed E-state index contributed by atoms with van der Waals surface area (Å²) in [6.07, 6.45) is 1.55. The molecule has 2 heterocycles. The smallest absolute Gasteiger partial charge is 0.234 e. The van der Waals surface area contributed by atoms with E-state index in [1.54, 1.807) is 18.3 Å². The molecule has 2 aromatic heterocycles. The summed E-state index contributed by atoms with van der Waals surface area (Å²) in [7, 11) is 0. The number of nitrogens with one attached hydrogen (secondary N) is 1. The predicted molar refractivity (Wildman–Crippen MR) is 87.5 cm³/mol. The molecule has 0 unspecified atom stereocenters. The summed E-state index contributed by atoms with van der Waals surface area (Å²) >= 11 is 7.09. The zero-order chi connectivity index (χ0) is 16.3. The van der Waals surface area contributed by atoms with E-state index in [1.165, 1.54) is 16.4 Å². The first-order valence-electron chi connectivity index (χ1n) is 6.53. The summed E-state index contributed by atoms with van der Waals surface area (Å²) in [5.74, 6) is 6.54. The van der Waals surface area contributed by atoms with E-state index in [9.17, 15) is 4.79 Å². The lowest BCUT2D eigenvalue weighted by atomic mass is 9.96. The zero-order valence-corrected chi connectivity index (χ0v) is 14.1.